The van der Waals surface area contributed by atoms with Crippen molar-refractivity contribution in [2.75, 3.05) is 24.9 Å². The van der Waals surface area contributed by atoms with Gasteiger partial charge in [-0.2, -0.15) is 0 Å². The highest BCUT2D eigenvalue weighted by atomic mass is 79.9. The molecule has 9 nitrogen and oxygen atoms in total. The zero-order chi connectivity index (χ0) is 28.2. The van der Waals surface area contributed by atoms with Crippen LogP contribution in [0.4, 0.5) is 11.4 Å². The van der Waals surface area contributed by atoms with Gasteiger partial charge in [-0.3, -0.25) is 9.59 Å². The van der Waals surface area contributed by atoms with Crippen LogP contribution < -0.4 is 29.6 Å². The second-order valence-electron chi connectivity index (χ2n) is 8.81. The molecule has 4 aromatic rings. The van der Waals surface area contributed by atoms with Crippen molar-refractivity contribution in [2.45, 2.75) is 13.2 Å². The van der Waals surface area contributed by atoms with Gasteiger partial charge >= 0.3 is 0 Å². The summed E-state index contributed by atoms with van der Waals surface area (Å²) >= 11 is 3.55. The Hall–Kier alpha value is -4.70. The molecule has 10 heteroatoms. The Kier molecular flexibility index (Phi) is 7.79. The van der Waals surface area contributed by atoms with Gasteiger partial charge in [0.2, 0.25) is 0 Å². The number of fused-ring (bicyclic) bond motifs is 6. The molecule has 1 aliphatic heterocycles. The third kappa shape index (κ3) is 5.52. The molecule has 0 spiro atoms. The number of amides is 2. The molecule has 0 radical (unpaired) electrons. The number of carbonyl (C=O) groups is 2. The van der Waals surface area contributed by atoms with Crippen molar-refractivity contribution in [3.8, 4) is 28.7 Å². The van der Waals surface area contributed by atoms with E-state index >= 15 is 0 Å². The van der Waals surface area contributed by atoms with E-state index in [4.69, 9.17) is 18.9 Å². The molecule has 40 heavy (non-hydrogen) atoms. The number of phenols is 1. The van der Waals surface area contributed by atoms with Gasteiger partial charge in [-0.1, -0.05) is 40.2 Å². The van der Waals surface area contributed by atoms with Crippen LogP contribution in [0.5, 0.6) is 28.7 Å². The van der Waals surface area contributed by atoms with Gasteiger partial charge in [0.1, 0.15) is 42.0 Å². The number of anilines is 2. The minimum atomic E-state index is -0.659. The average molecular weight is 605 g/mol. The van der Waals surface area contributed by atoms with E-state index in [0.717, 1.165) is 15.6 Å². The van der Waals surface area contributed by atoms with Crippen LogP contribution in [0.3, 0.4) is 0 Å². The molecule has 204 valence electrons. The van der Waals surface area contributed by atoms with Crippen molar-refractivity contribution in [2.24, 2.45) is 0 Å². The molecule has 3 N–H and O–H groups in total. The van der Waals surface area contributed by atoms with Crippen LogP contribution in [-0.4, -0.2) is 31.1 Å². The number of rotatable bonds is 2. The third-order valence-corrected chi connectivity index (χ3v) is 6.71. The standard InChI is InChI=1S/C30H25BrN2O7/c1-37-20-13-21-27(34)22(14-20)30(36)33-24-8-4-6-10-26(24)40-16-18-12-19(31)11-17(28(18)38-2)15-39-25-9-5-3-7-23(25)32-29(21)35/h3-14,34H,15-16H2,1-2H3,(H,32,35)(H,33,36). The van der Waals surface area contributed by atoms with Gasteiger partial charge in [0, 0.05) is 15.6 Å². The number of hydrogen-bond acceptors (Lipinski definition) is 7. The lowest BCUT2D eigenvalue weighted by Gasteiger charge is -2.19. The highest BCUT2D eigenvalue weighted by molar-refractivity contribution is 9.10. The number of nitrogens with one attached hydrogen (secondary N) is 2. The molecular formula is C30H25BrN2O7. The van der Waals surface area contributed by atoms with Crippen molar-refractivity contribution in [1.82, 2.24) is 0 Å². The molecule has 0 aromatic heterocycles. The van der Waals surface area contributed by atoms with Gasteiger partial charge in [0.05, 0.1) is 36.7 Å². The molecule has 0 fully saturated rings. The normalized spacial score (nSPS) is 13.2. The number of methoxy groups -OCH3 is 2. The molecule has 4 bridgehead atoms. The predicted molar refractivity (Wildman–Crippen MR) is 153 cm³/mol. The molecule has 0 unspecified atom stereocenters. The maximum Gasteiger partial charge on any atom is 0.259 e. The molecule has 1 heterocycles. The van der Waals surface area contributed by atoms with E-state index in [2.05, 4.69) is 26.6 Å². The number of halogens is 1. The molecule has 0 atom stereocenters. The van der Waals surface area contributed by atoms with Gasteiger partial charge in [0.15, 0.2) is 0 Å². The van der Waals surface area contributed by atoms with Crippen molar-refractivity contribution in [3.05, 3.63) is 99.5 Å². The van der Waals surface area contributed by atoms with E-state index in [0.29, 0.717) is 28.6 Å². The first kappa shape index (κ1) is 26.9. The molecule has 5 rings (SSSR count). The first-order chi connectivity index (χ1) is 19.4. The van der Waals surface area contributed by atoms with E-state index < -0.39 is 17.6 Å². The first-order valence-corrected chi connectivity index (χ1v) is 13.0. The average Bonchev–Trinajstić information content (AvgIpc) is 2.95. The number of hydrogen-bond donors (Lipinski definition) is 3. The molecule has 1 aliphatic rings. The van der Waals surface area contributed by atoms with Gasteiger partial charge in [-0.05, 0) is 48.5 Å². The fourth-order valence-electron chi connectivity index (χ4n) is 4.34. The van der Waals surface area contributed by atoms with Crippen LogP contribution in [0.2, 0.25) is 0 Å². The summed E-state index contributed by atoms with van der Waals surface area (Å²) < 4.78 is 24.1. The predicted octanol–water partition coefficient (Wildman–Crippen LogP) is 6.15. The fourth-order valence-corrected chi connectivity index (χ4v) is 4.90. The summed E-state index contributed by atoms with van der Waals surface area (Å²) in [6.45, 7) is 0.257. The Bertz CT molecular complexity index is 1500. The minimum Gasteiger partial charge on any atom is -0.506 e. The van der Waals surface area contributed by atoms with E-state index in [1.54, 1.807) is 55.6 Å². The maximum absolute atomic E-state index is 13.4. The Balaban J connectivity index is 1.64. The summed E-state index contributed by atoms with van der Waals surface area (Å²) in [5, 5.41) is 16.6. The Morgan fingerprint density at radius 3 is 1.68 bits per heavy atom. The van der Waals surface area contributed by atoms with Crippen LogP contribution in [0.15, 0.2) is 77.3 Å². The summed E-state index contributed by atoms with van der Waals surface area (Å²) in [4.78, 5) is 26.7. The third-order valence-electron chi connectivity index (χ3n) is 6.26. The molecule has 2 amide bonds. The summed E-state index contributed by atoms with van der Waals surface area (Å²) in [6.07, 6.45) is 0. The smallest absolute Gasteiger partial charge is 0.259 e. The number of aromatic hydroxyl groups is 1. The van der Waals surface area contributed by atoms with Crippen LogP contribution in [-0.2, 0) is 13.2 Å². The zero-order valence-electron chi connectivity index (χ0n) is 21.6. The minimum absolute atomic E-state index is 0.129. The zero-order valence-corrected chi connectivity index (χ0v) is 23.2. The van der Waals surface area contributed by atoms with Crippen LogP contribution in [0.1, 0.15) is 31.8 Å². The summed E-state index contributed by atoms with van der Waals surface area (Å²) in [6, 6.07) is 20.3. The van der Waals surface area contributed by atoms with Crippen LogP contribution in [0, 0.1) is 0 Å². The van der Waals surface area contributed by atoms with E-state index in [1.807, 2.05) is 12.1 Å². The van der Waals surface area contributed by atoms with E-state index in [1.165, 1.54) is 19.2 Å². The Labute approximate surface area is 238 Å². The SMILES string of the molecule is COc1cc2c(O)c(c1)C(=O)Nc1ccccc1OCc1cc(Br)cc(c1OC)COc1ccccc1NC2=O. The first-order valence-electron chi connectivity index (χ1n) is 12.2. The highest BCUT2D eigenvalue weighted by Crippen LogP contribution is 2.35. The molecule has 4 aromatic carbocycles. The van der Waals surface area contributed by atoms with Gasteiger partial charge in [-0.15, -0.1) is 0 Å². The van der Waals surface area contributed by atoms with Gasteiger partial charge in [-0.25, -0.2) is 0 Å². The highest BCUT2D eigenvalue weighted by Gasteiger charge is 2.23. The van der Waals surface area contributed by atoms with Crippen molar-refractivity contribution in [3.63, 3.8) is 0 Å². The number of benzene rings is 4. The fraction of sp³-hybridized carbons (Fsp3) is 0.133. The molecule has 0 saturated heterocycles. The number of phenolic OH excluding ortho intramolecular Hbond substituents is 1. The quantitative estimate of drug-likeness (QED) is 0.251. The van der Waals surface area contributed by atoms with Crippen molar-refractivity contribution >= 4 is 39.1 Å². The van der Waals surface area contributed by atoms with Gasteiger partial charge in [0.25, 0.3) is 11.8 Å². The summed E-state index contributed by atoms with van der Waals surface area (Å²) in [7, 11) is 2.97. The van der Waals surface area contributed by atoms with Crippen LogP contribution in [0.25, 0.3) is 0 Å². The second-order valence-corrected chi connectivity index (χ2v) is 9.72. The summed E-state index contributed by atoms with van der Waals surface area (Å²) in [5.41, 5.74) is 1.93. The number of ether oxygens (including phenoxy) is 4. The Morgan fingerprint density at radius 1 is 0.750 bits per heavy atom. The maximum atomic E-state index is 13.4. The molecule has 0 aliphatic carbocycles. The summed E-state index contributed by atoms with van der Waals surface area (Å²) in [5.74, 6) is -0.232. The second kappa shape index (κ2) is 11.6. The topological polar surface area (TPSA) is 115 Å². The van der Waals surface area contributed by atoms with E-state index in [-0.39, 0.29) is 30.1 Å². The largest absolute Gasteiger partial charge is 0.506 e. The molecule has 0 saturated carbocycles. The lowest BCUT2D eigenvalue weighted by Crippen LogP contribution is -2.17. The number of para-hydroxylation sites is 4. The van der Waals surface area contributed by atoms with Crippen LogP contribution >= 0.6 is 15.9 Å². The lowest BCUT2D eigenvalue weighted by atomic mass is 10.1. The van der Waals surface area contributed by atoms with Crippen molar-refractivity contribution < 1.29 is 33.6 Å². The van der Waals surface area contributed by atoms with Crippen molar-refractivity contribution in [1.29, 1.82) is 0 Å². The number of carbonyl (C=O) groups excluding carboxylic acids is 2. The monoisotopic (exact) mass is 604 g/mol. The van der Waals surface area contributed by atoms with E-state index in [9.17, 15) is 14.7 Å². The Morgan fingerprint density at radius 2 is 1.23 bits per heavy atom. The lowest BCUT2D eigenvalue weighted by molar-refractivity contribution is 0.102. The molecular weight excluding hydrogens is 580 g/mol. The van der Waals surface area contributed by atoms with Gasteiger partial charge < -0.3 is 34.7 Å².